The molecule has 0 aromatic heterocycles. The first-order valence-electron chi connectivity index (χ1n) is 4.75. The summed E-state index contributed by atoms with van der Waals surface area (Å²) in [7, 11) is 3.62. The van der Waals surface area contributed by atoms with Crippen molar-refractivity contribution in [2.24, 2.45) is 0 Å². The molecule has 78 valence electrons. The van der Waals surface area contributed by atoms with Gasteiger partial charge < -0.3 is 10.2 Å². The van der Waals surface area contributed by atoms with E-state index in [4.69, 9.17) is 0 Å². The third-order valence-electron chi connectivity index (χ3n) is 2.54. The second-order valence-electron chi connectivity index (χ2n) is 3.50. The zero-order chi connectivity index (χ0) is 9.68. The number of alkyl halides is 2. The molecule has 0 aromatic carbocycles. The molecule has 5 heteroatoms. The maximum Gasteiger partial charge on any atom is 3.00 e. The molecule has 0 aromatic rings. The Morgan fingerprint density at radius 1 is 1.36 bits per heavy atom. The van der Waals surface area contributed by atoms with E-state index >= 15 is 0 Å². The molecule has 0 spiro atoms. The van der Waals surface area contributed by atoms with E-state index in [1.807, 2.05) is 0 Å². The first-order valence-corrected chi connectivity index (χ1v) is 4.75. The molecule has 2 nitrogen and oxygen atoms in total. The summed E-state index contributed by atoms with van der Waals surface area (Å²) in [6.45, 7) is 2.36. The fourth-order valence-electron chi connectivity index (χ4n) is 1.64. The van der Waals surface area contributed by atoms with Crippen LogP contribution in [0, 0.1) is 7.05 Å². The van der Waals surface area contributed by atoms with Crippen LogP contribution in [0.15, 0.2) is 0 Å². The van der Waals surface area contributed by atoms with Gasteiger partial charge in [0.25, 0.3) is 0 Å². The molecule has 0 amide bonds. The predicted octanol–water partition coefficient (Wildman–Crippen LogP) is 1.48. The predicted molar refractivity (Wildman–Crippen MR) is 48.6 cm³/mol. The van der Waals surface area contributed by atoms with E-state index in [-0.39, 0.29) is 39.1 Å². The Morgan fingerprint density at radius 2 is 1.93 bits per heavy atom. The Labute approximate surface area is 110 Å². The zero-order valence-corrected chi connectivity index (χ0v) is 11.2. The maximum absolute atomic E-state index is 11.9. The molecular weight excluding hydrogens is 263 g/mol. The normalized spacial score (nSPS) is 19.7. The molecular formula is C9H17F2N2Y+2. The first-order chi connectivity index (χ1) is 6.22. The minimum absolute atomic E-state index is 0. The van der Waals surface area contributed by atoms with Gasteiger partial charge in [0.15, 0.2) is 0 Å². The van der Waals surface area contributed by atoms with Crippen LogP contribution in [0.3, 0.4) is 0 Å². The zero-order valence-electron chi connectivity index (χ0n) is 8.38. The Kier molecular flexibility index (Phi) is 8.60. The molecule has 1 N–H and O–H groups in total. The van der Waals surface area contributed by atoms with Gasteiger partial charge in [0.1, 0.15) is 0 Å². The van der Waals surface area contributed by atoms with Gasteiger partial charge in [-0.15, -0.1) is 0 Å². The van der Waals surface area contributed by atoms with Gasteiger partial charge >= 0.3 is 32.7 Å². The third kappa shape index (κ3) is 5.69. The number of piperidine rings is 1. The van der Waals surface area contributed by atoms with Crippen LogP contribution in [-0.2, 0) is 32.7 Å². The minimum atomic E-state index is -2.16. The summed E-state index contributed by atoms with van der Waals surface area (Å²) < 4.78 is 23.8. The van der Waals surface area contributed by atoms with Crippen LogP contribution in [0.1, 0.15) is 19.3 Å². The molecule has 1 fully saturated rings. The number of nitrogens with one attached hydrogen (secondary N) is 1. The van der Waals surface area contributed by atoms with E-state index in [1.54, 1.807) is 0 Å². The molecule has 0 bridgehead atoms. The van der Waals surface area contributed by atoms with E-state index in [0.717, 1.165) is 25.9 Å². The van der Waals surface area contributed by atoms with Crippen molar-refractivity contribution in [1.82, 2.24) is 10.2 Å². The number of hydrogen-bond donors (Lipinski definition) is 1. The van der Waals surface area contributed by atoms with Crippen molar-refractivity contribution in [2.45, 2.75) is 31.7 Å². The SMILES string of the molecule is [CH2-]NC1CCN(CCC(F)F)CC1.[Y+3]. The van der Waals surface area contributed by atoms with Crippen LogP contribution in [0.25, 0.3) is 0 Å². The van der Waals surface area contributed by atoms with Gasteiger partial charge in [-0.2, -0.15) is 0 Å². The number of halogens is 2. The van der Waals surface area contributed by atoms with E-state index < -0.39 is 6.43 Å². The van der Waals surface area contributed by atoms with Gasteiger partial charge in [-0.25, -0.2) is 8.78 Å². The van der Waals surface area contributed by atoms with E-state index in [1.165, 1.54) is 0 Å². The average Bonchev–Trinajstić information content (AvgIpc) is 2.15. The largest absolute Gasteiger partial charge is 3.00 e. The molecule has 0 atom stereocenters. The van der Waals surface area contributed by atoms with Gasteiger partial charge in [0.2, 0.25) is 6.43 Å². The van der Waals surface area contributed by atoms with Crippen molar-refractivity contribution in [3.63, 3.8) is 0 Å². The molecule has 1 aliphatic rings. The number of nitrogens with zero attached hydrogens (tertiary/aromatic N) is 1. The molecule has 1 rings (SSSR count). The molecule has 14 heavy (non-hydrogen) atoms. The number of likely N-dealkylation sites (tertiary alicyclic amines) is 1. The Morgan fingerprint density at radius 3 is 2.36 bits per heavy atom. The molecule has 1 saturated heterocycles. The quantitative estimate of drug-likeness (QED) is 0.785. The van der Waals surface area contributed by atoms with Crippen molar-refractivity contribution < 1.29 is 41.5 Å². The minimum Gasteiger partial charge on any atom is -0.470 e. The van der Waals surface area contributed by atoms with Crippen LogP contribution >= 0.6 is 0 Å². The number of rotatable bonds is 4. The van der Waals surface area contributed by atoms with Crippen LogP contribution in [0.5, 0.6) is 0 Å². The topological polar surface area (TPSA) is 15.3 Å². The summed E-state index contributed by atoms with van der Waals surface area (Å²) in [5, 5.41) is 2.96. The molecule has 0 unspecified atom stereocenters. The molecule has 0 aliphatic carbocycles. The van der Waals surface area contributed by atoms with Crippen molar-refractivity contribution in [3.05, 3.63) is 7.05 Å². The van der Waals surface area contributed by atoms with Crippen molar-refractivity contribution >= 4 is 0 Å². The fraction of sp³-hybridized carbons (Fsp3) is 0.889. The second kappa shape index (κ2) is 8.08. The fourth-order valence-corrected chi connectivity index (χ4v) is 1.64. The van der Waals surface area contributed by atoms with E-state index in [2.05, 4.69) is 17.3 Å². The summed E-state index contributed by atoms with van der Waals surface area (Å²) in [5.41, 5.74) is 0. The van der Waals surface area contributed by atoms with Gasteiger partial charge in [-0.1, -0.05) is 0 Å². The smallest absolute Gasteiger partial charge is 0.470 e. The molecule has 1 heterocycles. The molecule has 0 radical (unpaired) electrons. The van der Waals surface area contributed by atoms with Gasteiger partial charge in [-0.3, -0.25) is 7.05 Å². The summed E-state index contributed by atoms with van der Waals surface area (Å²) >= 11 is 0. The van der Waals surface area contributed by atoms with Crippen molar-refractivity contribution in [2.75, 3.05) is 19.6 Å². The summed E-state index contributed by atoms with van der Waals surface area (Å²) in [6, 6.07) is 0.475. The van der Waals surface area contributed by atoms with Crippen LogP contribution in [0.4, 0.5) is 8.78 Å². The second-order valence-corrected chi connectivity index (χ2v) is 3.50. The van der Waals surface area contributed by atoms with Gasteiger partial charge in [-0.05, 0) is 32.0 Å². The van der Waals surface area contributed by atoms with Gasteiger partial charge in [0.05, 0.1) is 0 Å². The maximum atomic E-state index is 11.9. The molecule has 1 aliphatic heterocycles. The van der Waals surface area contributed by atoms with Crippen LogP contribution in [-0.4, -0.2) is 37.0 Å². The number of hydrogen-bond acceptors (Lipinski definition) is 2. The summed E-state index contributed by atoms with van der Waals surface area (Å²) in [4.78, 5) is 2.10. The summed E-state index contributed by atoms with van der Waals surface area (Å²) in [6.07, 6.45) is -0.120. The molecule has 0 saturated carbocycles. The monoisotopic (exact) mass is 280 g/mol. The summed E-state index contributed by atoms with van der Waals surface area (Å²) in [5.74, 6) is 0. The Balaban J connectivity index is 0.00000169. The standard InChI is InChI=1S/C9H17F2N2.Y/c1-12-8-2-5-13(6-3-8)7-4-9(10)11;/h8-9,12H,1-7H2;/q-1;+3. The van der Waals surface area contributed by atoms with E-state index in [9.17, 15) is 8.78 Å². The first kappa shape index (κ1) is 14.9. The van der Waals surface area contributed by atoms with Crippen molar-refractivity contribution in [3.8, 4) is 0 Å². The van der Waals surface area contributed by atoms with Crippen molar-refractivity contribution in [1.29, 1.82) is 0 Å². The third-order valence-corrected chi connectivity index (χ3v) is 2.54. The Hall–Kier alpha value is 0.884. The van der Waals surface area contributed by atoms with E-state index in [0.29, 0.717) is 12.6 Å². The Bertz CT molecular complexity index is 139. The average molecular weight is 280 g/mol. The van der Waals surface area contributed by atoms with Crippen LogP contribution < -0.4 is 5.32 Å². The van der Waals surface area contributed by atoms with Gasteiger partial charge in [0, 0.05) is 13.0 Å². The van der Waals surface area contributed by atoms with Crippen LogP contribution in [0.2, 0.25) is 0 Å².